The number of phenols is 1. The zero-order valence-electron chi connectivity index (χ0n) is 27.3. The number of carbonyl (C=O) groups is 3. The Balaban J connectivity index is 1.38. The molecule has 7 atom stereocenters. The Bertz CT molecular complexity index is 1380. The average Bonchev–Trinajstić information content (AvgIpc) is 3.39. The van der Waals surface area contributed by atoms with Crippen LogP contribution in [0, 0.1) is 11.8 Å². The molecule has 46 heavy (non-hydrogen) atoms. The van der Waals surface area contributed by atoms with Crippen LogP contribution in [0.1, 0.15) is 77.7 Å². The number of aliphatic hydroxyl groups is 1. The fourth-order valence-corrected chi connectivity index (χ4v) is 7.15. The number of benzene rings is 1. The fourth-order valence-electron chi connectivity index (χ4n) is 7.15. The quantitative estimate of drug-likeness (QED) is 0.314. The summed E-state index contributed by atoms with van der Waals surface area (Å²) in [6, 6.07) is 2.01. The number of rotatable bonds is 5. The van der Waals surface area contributed by atoms with Crippen molar-refractivity contribution in [2.24, 2.45) is 11.8 Å². The van der Waals surface area contributed by atoms with Gasteiger partial charge in [0.05, 0.1) is 24.3 Å². The van der Waals surface area contributed by atoms with Gasteiger partial charge in [-0.1, -0.05) is 50.5 Å². The fraction of sp³-hybridized carbons (Fsp3) is 0.583. The molecule has 3 N–H and O–H groups in total. The van der Waals surface area contributed by atoms with Gasteiger partial charge in [-0.05, 0) is 57.2 Å². The second-order valence-corrected chi connectivity index (χ2v) is 13.1. The minimum absolute atomic E-state index is 0.0410. The van der Waals surface area contributed by atoms with E-state index in [4.69, 9.17) is 14.2 Å². The van der Waals surface area contributed by atoms with Gasteiger partial charge in [0.15, 0.2) is 0 Å². The van der Waals surface area contributed by atoms with E-state index in [2.05, 4.69) is 5.32 Å². The molecule has 1 saturated heterocycles. The molecule has 1 saturated carbocycles. The summed E-state index contributed by atoms with van der Waals surface area (Å²) in [4.78, 5) is 40.8. The van der Waals surface area contributed by atoms with E-state index in [-0.39, 0.29) is 36.0 Å². The molecular formula is C36H48N2O8. The molecule has 250 valence electrons. The van der Waals surface area contributed by atoms with Gasteiger partial charge in [0.1, 0.15) is 35.8 Å². The first kappa shape index (κ1) is 33.7. The van der Waals surface area contributed by atoms with Gasteiger partial charge in [-0.15, -0.1) is 0 Å². The summed E-state index contributed by atoms with van der Waals surface area (Å²) < 4.78 is 18.2. The summed E-state index contributed by atoms with van der Waals surface area (Å²) in [6.07, 6.45) is 13.4. The number of phenolic OH excluding ortho intramolecular Hbond substituents is 1. The highest BCUT2D eigenvalue weighted by Gasteiger charge is 2.49. The zero-order chi connectivity index (χ0) is 33.0. The highest BCUT2D eigenvalue weighted by molar-refractivity contribution is 5.99. The molecule has 2 amide bonds. The van der Waals surface area contributed by atoms with E-state index in [9.17, 15) is 24.6 Å². The molecule has 1 aliphatic carbocycles. The second kappa shape index (κ2) is 14.9. The number of carbonyl (C=O) groups excluding carboxylic acids is 3. The minimum atomic E-state index is -0.880. The third-order valence-corrected chi connectivity index (χ3v) is 9.91. The number of aryl methyl sites for hydroxylation is 1. The van der Waals surface area contributed by atoms with E-state index < -0.39 is 42.3 Å². The molecule has 3 aliphatic heterocycles. The van der Waals surface area contributed by atoms with E-state index in [1.807, 2.05) is 44.2 Å². The predicted molar refractivity (Wildman–Crippen MR) is 173 cm³/mol. The van der Waals surface area contributed by atoms with Gasteiger partial charge in [-0.2, -0.15) is 0 Å². The molecule has 1 aromatic carbocycles. The molecule has 0 unspecified atom stereocenters. The summed E-state index contributed by atoms with van der Waals surface area (Å²) in [7, 11) is 1.58. The lowest BCUT2D eigenvalue weighted by Crippen LogP contribution is -2.51. The number of aliphatic hydroxyl groups excluding tert-OH is 1. The van der Waals surface area contributed by atoms with Gasteiger partial charge in [0, 0.05) is 37.0 Å². The monoisotopic (exact) mass is 636 g/mol. The first-order valence-electron chi connectivity index (χ1n) is 16.6. The van der Waals surface area contributed by atoms with Crippen LogP contribution in [0.15, 0.2) is 48.1 Å². The van der Waals surface area contributed by atoms with Gasteiger partial charge >= 0.3 is 5.97 Å². The second-order valence-electron chi connectivity index (χ2n) is 13.1. The van der Waals surface area contributed by atoms with Crippen molar-refractivity contribution in [2.75, 3.05) is 12.0 Å². The van der Waals surface area contributed by atoms with Crippen molar-refractivity contribution in [3.05, 3.63) is 53.6 Å². The van der Waals surface area contributed by atoms with Gasteiger partial charge < -0.3 is 29.7 Å². The van der Waals surface area contributed by atoms with E-state index in [1.54, 1.807) is 31.1 Å². The van der Waals surface area contributed by atoms with Crippen LogP contribution in [0.4, 0.5) is 5.69 Å². The number of hydrogen-bond donors (Lipinski definition) is 3. The topological polar surface area (TPSA) is 135 Å². The highest BCUT2D eigenvalue weighted by Crippen LogP contribution is 2.46. The third kappa shape index (κ3) is 7.33. The Hall–Kier alpha value is -3.63. The van der Waals surface area contributed by atoms with Gasteiger partial charge in [0.25, 0.3) is 0 Å². The number of nitrogens with zero attached hydrogens (tertiary/aromatic N) is 1. The van der Waals surface area contributed by atoms with E-state index in [0.29, 0.717) is 30.7 Å². The molecule has 0 aromatic heterocycles. The summed E-state index contributed by atoms with van der Waals surface area (Å²) in [5, 5.41) is 24.8. The first-order chi connectivity index (χ1) is 22.1. The molecule has 0 spiro atoms. The highest BCUT2D eigenvalue weighted by atomic mass is 16.5. The number of amides is 2. The van der Waals surface area contributed by atoms with Gasteiger partial charge in [0.2, 0.25) is 11.8 Å². The molecule has 0 radical (unpaired) electrons. The number of fused-ring (bicyclic) bond motifs is 4. The number of methoxy groups -OCH3 is 1. The molecule has 2 bridgehead atoms. The average molecular weight is 637 g/mol. The Morgan fingerprint density at radius 2 is 1.89 bits per heavy atom. The Morgan fingerprint density at radius 3 is 2.63 bits per heavy atom. The number of aromatic hydroxyl groups is 1. The van der Waals surface area contributed by atoms with Gasteiger partial charge in [-0.3, -0.25) is 14.5 Å². The van der Waals surface area contributed by atoms with E-state index >= 15 is 0 Å². The molecule has 1 aromatic rings. The molecule has 4 aliphatic rings. The van der Waals surface area contributed by atoms with Crippen molar-refractivity contribution in [1.29, 1.82) is 0 Å². The summed E-state index contributed by atoms with van der Waals surface area (Å²) >= 11 is 0. The van der Waals surface area contributed by atoms with Crippen molar-refractivity contribution in [3.8, 4) is 11.5 Å². The summed E-state index contributed by atoms with van der Waals surface area (Å²) in [6.45, 7) is 5.34. The van der Waals surface area contributed by atoms with E-state index in [1.165, 1.54) is 0 Å². The Morgan fingerprint density at radius 1 is 1.13 bits per heavy atom. The molecule has 3 heterocycles. The Labute approximate surface area is 271 Å². The number of nitrogens with one attached hydrogen (secondary N) is 1. The number of hydrogen-bond acceptors (Lipinski definition) is 8. The van der Waals surface area contributed by atoms with Crippen LogP contribution in [0.5, 0.6) is 11.5 Å². The number of allylic oxidation sites excluding steroid dienone is 3. The van der Waals surface area contributed by atoms with Crippen LogP contribution < -0.4 is 15.0 Å². The molecule has 5 rings (SSSR count). The smallest absolute Gasteiger partial charge is 0.328 e. The van der Waals surface area contributed by atoms with Crippen LogP contribution in [0.2, 0.25) is 0 Å². The van der Waals surface area contributed by atoms with Crippen LogP contribution in [0.25, 0.3) is 0 Å². The van der Waals surface area contributed by atoms with Crippen molar-refractivity contribution >= 4 is 23.5 Å². The van der Waals surface area contributed by atoms with Crippen LogP contribution in [-0.2, 0) is 30.3 Å². The SMILES string of the molecule is CO[C@@H]1CC(=O)N2c3cc(O)cc4c3O[C@@H](/C=C/C=C/C[C@H](OC(=O)[C@@H](C)NC(=O)C3CCCCC3)[C@H](C)[C@@H](O)/C(C)=C\CC4)[C@H]12. The van der Waals surface area contributed by atoms with Crippen molar-refractivity contribution in [3.63, 3.8) is 0 Å². The number of anilines is 1. The molecule has 10 nitrogen and oxygen atoms in total. The Kier molecular flexibility index (Phi) is 10.9. The maximum absolute atomic E-state index is 13.2. The predicted octanol–water partition coefficient (Wildman–Crippen LogP) is 4.66. The van der Waals surface area contributed by atoms with Crippen LogP contribution >= 0.6 is 0 Å². The van der Waals surface area contributed by atoms with Crippen molar-refractivity contribution in [1.82, 2.24) is 5.32 Å². The molecule has 10 heteroatoms. The lowest BCUT2D eigenvalue weighted by atomic mass is 9.88. The summed E-state index contributed by atoms with van der Waals surface area (Å²) in [5.74, 6) is -0.638. The van der Waals surface area contributed by atoms with Crippen molar-refractivity contribution in [2.45, 2.75) is 115 Å². The molecule has 2 fully saturated rings. The zero-order valence-corrected chi connectivity index (χ0v) is 27.3. The lowest BCUT2D eigenvalue weighted by Gasteiger charge is -2.39. The molecular weight excluding hydrogens is 588 g/mol. The number of esters is 1. The summed E-state index contributed by atoms with van der Waals surface area (Å²) in [5.41, 5.74) is 2.02. The van der Waals surface area contributed by atoms with Crippen molar-refractivity contribution < 1.29 is 38.8 Å². The maximum Gasteiger partial charge on any atom is 0.328 e. The lowest BCUT2D eigenvalue weighted by molar-refractivity contribution is -0.156. The number of ether oxygens (including phenoxy) is 3. The first-order valence-corrected chi connectivity index (χ1v) is 16.6. The standard InChI is InChI=1S/C36H48N2O8/c1-21-12-11-15-25-18-26(39)19-27-34(25)45-29(32-30(44-4)20-31(40)38(27)32)17-10-6-9-16-28(22(2)33(21)41)46-36(43)23(3)37-35(42)24-13-7-5-8-14-24/h6,9-10,12,17-19,22-24,28-30,32-33,39,41H,5,7-8,11,13-16,20H2,1-4H3,(H,37,42)/b9-6+,17-10+,21-12-/t22-,23+,28-,29-,30+,32+,33-/m0/s1. The largest absolute Gasteiger partial charge is 0.508 e. The normalized spacial score (nSPS) is 31.9. The third-order valence-electron chi connectivity index (χ3n) is 9.91. The van der Waals surface area contributed by atoms with Crippen LogP contribution in [0.3, 0.4) is 0 Å². The maximum atomic E-state index is 13.2. The minimum Gasteiger partial charge on any atom is -0.508 e. The van der Waals surface area contributed by atoms with Crippen LogP contribution in [-0.4, -0.2) is 71.6 Å². The van der Waals surface area contributed by atoms with Gasteiger partial charge in [-0.25, -0.2) is 4.79 Å². The van der Waals surface area contributed by atoms with E-state index in [0.717, 1.165) is 43.2 Å².